The summed E-state index contributed by atoms with van der Waals surface area (Å²) in [5.74, 6) is -0.159. The molecule has 2 aliphatic heterocycles. The molecule has 0 aromatic carbocycles. The summed E-state index contributed by atoms with van der Waals surface area (Å²) in [4.78, 5) is 14.3. The molecule has 0 aliphatic carbocycles. The summed E-state index contributed by atoms with van der Waals surface area (Å²) in [6.07, 6.45) is 0.921. The van der Waals surface area contributed by atoms with Gasteiger partial charge in [-0.2, -0.15) is 5.26 Å². The second kappa shape index (κ2) is 5.68. The van der Waals surface area contributed by atoms with E-state index in [2.05, 4.69) is 30.1 Å². The van der Waals surface area contributed by atoms with Gasteiger partial charge in [0.2, 0.25) is 5.91 Å². The van der Waals surface area contributed by atoms with Crippen molar-refractivity contribution in [3.05, 3.63) is 0 Å². The third-order valence-corrected chi connectivity index (χ3v) is 4.22. The lowest BCUT2D eigenvalue weighted by atomic mass is 9.76. The number of rotatable bonds is 2. The van der Waals surface area contributed by atoms with Crippen LogP contribution in [0.25, 0.3) is 0 Å². The molecule has 2 heterocycles. The van der Waals surface area contributed by atoms with Crippen molar-refractivity contribution in [2.75, 3.05) is 26.3 Å². The van der Waals surface area contributed by atoms with Crippen LogP contribution in [0, 0.1) is 29.1 Å². The highest BCUT2D eigenvalue weighted by molar-refractivity contribution is 5.82. The fraction of sp³-hybridized carbons (Fsp3) is 0.846. The molecule has 5 heteroatoms. The molecule has 0 aromatic heterocycles. The average molecular weight is 251 g/mol. The first kappa shape index (κ1) is 13.3. The molecule has 18 heavy (non-hydrogen) atoms. The summed E-state index contributed by atoms with van der Waals surface area (Å²) >= 11 is 0. The van der Waals surface area contributed by atoms with Gasteiger partial charge >= 0.3 is 0 Å². The van der Waals surface area contributed by atoms with Gasteiger partial charge in [0.05, 0.1) is 25.4 Å². The van der Waals surface area contributed by atoms with Gasteiger partial charge in [-0.1, -0.05) is 20.3 Å². The normalized spacial score (nSPS) is 37.9. The molecule has 4 atom stereocenters. The van der Waals surface area contributed by atoms with Crippen LogP contribution >= 0.6 is 0 Å². The first-order valence-electron chi connectivity index (χ1n) is 6.70. The number of carbonyl (C=O) groups is 1. The number of hydrogen-bond acceptors (Lipinski definition) is 4. The Morgan fingerprint density at radius 2 is 2.17 bits per heavy atom. The van der Waals surface area contributed by atoms with Crippen molar-refractivity contribution >= 4 is 5.91 Å². The van der Waals surface area contributed by atoms with Crippen molar-refractivity contribution in [1.29, 1.82) is 5.26 Å². The maximum absolute atomic E-state index is 12.0. The average Bonchev–Trinajstić information content (AvgIpc) is 2.41. The summed E-state index contributed by atoms with van der Waals surface area (Å²) in [7, 11) is 0. The van der Waals surface area contributed by atoms with E-state index in [9.17, 15) is 4.79 Å². The number of ether oxygens (including phenoxy) is 1. The van der Waals surface area contributed by atoms with E-state index in [4.69, 9.17) is 10.00 Å². The summed E-state index contributed by atoms with van der Waals surface area (Å²) in [6.45, 7) is 7.33. The summed E-state index contributed by atoms with van der Waals surface area (Å²) in [5, 5.41) is 12.1. The Labute approximate surface area is 108 Å². The Hall–Kier alpha value is -1.12. The molecular formula is C13H21N3O2. The van der Waals surface area contributed by atoms with E-state index < -0.39 is 5.92 Å². The predicted molar refractivity (Wildman–Crippen MR) is 66.4 cm³/mol. The number of morpholine rings is 1. The molecule has 5 nitrogen and oxygen atoms in total. The van der Waals surface area contributed by atoms with Crippen LogP contribution in [-0.2, 0) is 9.53 Å². The molecule has 2 saturated heterocycles. The molecule has 1 amide bonds. The fourth-order valence-corrected chi connectivity index (χ4v) is 3.14. The lowest BCUT2D eigenvalue weighted by Crippen LogP contribution is -2.62. The van der Waals surface area contributed by atoms with E-state index in [1.54, 1.807) is 0 Å². The predicted octanol–water partition coefficient (Wildman–Crippen LogP) is 0.577. The van der Waals surface area contributed by atoms with Gasteiger partial charge in [0, 0.05) is 13.1 Å². The number of piperidine rings is 1. The maximum Gasteiger partial charge on any atom is 0.238 e. The van der Waals surface area contributed by atoms with Crippen LogP contribution in [0.5, 0.6) is 0 Å². The van der Waals surface area contributed by atoms with Crippen molar-refractivity contribution < 1.29 is 9.53 Å². The van der Waals surface area contributed by atoms with Crippen molar-refractivity contribution in [3.63, 3.8) is 0 Å². The highest BCUT2D eigenvalue weighted by Crippen LogP contribution is 2.32. The Bertz CT molecular complexity index is 347. The van der Waals surface area contributed by atoms with Gasteiger partial charge in [-0.15, -0.1) is 0 Å². The van der Waals surface area contributed by atoms with Crippen molar-refractivity contribution in [3.8, 4) is 6.07 Å². The monoisotopic (exact) mass is 251 g/mol. The van der Waals surface area contributed by atoms with E-state index in [0.29, 0.717) is 5.92 Å². The van der Waals surface area contributed by atoms with Crippen molar-refractivity contribution in [2.45, 2.75) is 26.4 Å². The highest BCUT2D eigenvalue weighted by atomic mass is 16.5. The summed E-state index contributed by atoms with van der Waals surface area (Å²) < 4.78 is 5.34. The van der Waals surface area contributed by atoms with Crippen molar-refractivity contribution in [1.82, 2.24) is 10.2 Å². The van der Waals surface area contributed by atoms with Crippen LogP contribution in [0.3, 0.4) is 0 Å². The minimum atomic E-state index is -0.498. The summed E-state index contributed by atoms with van der Waals surface area (Å²) in [6, 6.07) is 2.15. The Kier molecular flexibility index (Phi) is 4.20. The zero-order valence-corrected chi connectivity index (χ0v) is 11.1. The highest BCUT2D eigenvalue weighted by Gasteiger charge is 2.43. The van der Waals surface area contributed by atoms with Crippen LogP contribution in [0.1, 0.15) is 20.3 Å². The molecule has 2 rings (SSSR count). The first-order chi connectivity index (χ1) is 8.69. The molecule has 100 valence electrons. The number of amides is 1. The topological polar surface area (TPSA) is 65.4 Å². The van der Waals surface area contributed by atoms with Crippen molar-refractivity contribution in [2.24, 2.45) is 17.8 Å². The number of nitriles is 1. The third kappa shape index (κ3) is 2.36. The van der Waals surface area contributed by atoms with E-state index in [0.717, 1.165) is 32.7 Å². The fourth-order valence-electron chi connectivity index (χ4n) is 3.14. The molecule has 2 fully saturated rings. The molecule has 1 N–H and O–H groups in total. The lowest BCUT2D eigenvalue weighted by molar-refractivity contribution is -0.135. The van der Waals surface area contributed by atoms with Crippen LogP contribution in [0.2, 0.25) is 0 Å². The van der Waals surface area contributed by atoms with Gasteiger partial charge < -0.3 is 10.1 Å². The zero-order chi connectivity index (χ0) is 13.1. The maximum atomic E-state index is 12.0. The first-order valence-corrected chi connectivity index (χ1v) is 6.70. The van der Waals surface area contributed by atoms with Gasteiger partial charge in [0.15, 0.2) is 0 Å². The van der Waals surface area contributed by atoms with Gasteiger partial charge in [-0.05, 0) is 11.8 Å². The van der Waals surface area contributed by atoms with E-state index in [-0.39, 0.29) is 18.0 Å². The minimum Gasteiger partial charge on any atom is -0.379 e. The number of hydrogen-bond donors (Lipinski definition) is 1. The zero-order valence-electron chi connectivity index (χ0n) is 11.1. The van der Waals surface area contributed by atoms with E-state index in [1.807, 2.05) is 0 Å². The van der Waals surface area contributed by atoms with Gasteiger partial charge in [-0.25, -0.2) is 0 Å². The van der Waals surface area contributed by atoms with Crippen LogP contribution in [0.15, 0.2) is 0 Å². The lowest BCUT2D eigenvalue weighted by Gasteiger charge is -2.45. The van der Waals surface area contributed by atoms with Crippen LogP contribution in [-0.4, -0.2) is 43.3 Å². The quantitative estimate of drug-likeness (QED) is 0.779. The second-order valence-electron chi connectivity index (χ2n) is 5.14. The molecule has 0 aromatic rings. The molecule has 0 unspecified atom stereocenters. The van der Waals surface area contributed by atoms with Gasteiger partial charge in [0.25, 0.3) is 0 Å². The standard InChI is InChI=1S/C13H21N3O2/c1-3-10-9(2)12(15-13(17)11(10)8-14)16-4-6-18-7-5-16/h9-12H,3-7H2,1-2H3,(H,15,17)/t9-,10+,11+,12+/m1/s1. The summed E-state index contributed by atoms with van der Waals surface area (Å²) in [5.41, 5.74) is 0. The van der Waals surface area contributed by atoms with E-state index in [1.165, 1.54) is 0 Å². The molecule has 0 radical (unpaired) electrons. The molecule has 2 aliphatic rings. The Balaban J connectivity index is 2.13. The molecule has 0 spiro atoms. The number of nitrogens with one attached hydrogen (secondary N) is 1. The van der Waals surface area contributed by atoms with Crippen LogP contribution in [0.4, 0.5) is 0 Å². The number of nitrogens with zero attached hydrogens (tertiary/aromatic N) is 2. The Morgan fingerprint density at radius 1 is 1.50 bits per heavy atom. The molecule has 0 saturated carbocycles. The molecule has 0 bridgehead atoms. The van der Waals surface area contributed by atoms with E-state index >= 15 is 0 Å². The van der Waals surface area contributed by atoms with Crippen LogP contribution < -0.4 is 5.32 Å². The SMILES string of the molecule is CC[C@H]1[C@@H](C)[C@H](N2CCOCC2)NC(=O)[C@H]1C#N. The Morgan fingerprint density at radius 3 is 2.72 bits per heavy atom. The smallest absolute Gasteiger partial charge is 0.238 e. The largest absolute Gasteiger partial charge is 0.379 e. The number of carbonyl (C=O) groups excluding carboxylic acids is 1. The second-order valence-corrected chi connectivity index (χ2v) is 5.14. The van der Waals surface area contributed by atoms with Gasteiger partial charge in [-0.3, -0.25) is 9.69 Å². The third-order valence-electron chi connectivity index (χ3n) is 4.22. The minimum absolute atomic E-state index is 0.0518. The molecular weight excluding hydrogens is 230 g/mol. The van der Waals surface area contributed by atoms with Gasteiger partial charge in [0.1, 0.15) is 5.92 Å².